The quantitative estimate of drug-likeness (QED) is 0.777. The molecular formula is C15H22N2O2. The molecule has 3 aliphatic carbocycles. The summed E-state index contributed by atoms with van der Waals surface area (Å²) in [6.07, 6.45) is 6.52. The van der Waals surface area contributed by atoms with Gasteiger partial charge in [0.2, 0.25) is 5.91 Å². The molecule has 3 fully saturated rings. The van der Waals surface area contributed by atoms with E-state index in [0.29, 0.717) is 18.3 Å². The molecule has 1 N–H and O–H groups in total. The van der Waals surface area contributed by atoms with Crippen LogP contribution in [0.2, 0.25) is 0 Å². The second-order valence-electron chi connectivity index (χ2n) is 7.36. The molecule has 0 aromatic heterocycles. The predicted molar refractivity (Wildman–Crippen MR) is 72.6 cm³/mol. The molecule has 0 bridgehead atoms. The van der Waals surface area contributed by atoms with Gasteiger partial charge in [-0.3, -0.25) is 9.59 Å². The monoisotopic (exact) mass is 262 g/mol. The summed E-state index contributed by atoms with van der Waals surface area (Å²) < 4.78 is 0. The molecule has 0 unspecified atom stereocenters. The van der Waals surface area contributed by atoms with Crippen LogP contribution < -0.4 is 5.43 Å². The first-order valence-corrected chi connectivity index (χ1v) is 7.27. The summed E-state index contributed by atoms with van der Waals surface area (Å²) in [6.45, 7) is 4.15. The molecule has 4 heteroatoms. The fourth-order valence-electron chi connectivity index (χ4n) is 3.69. The van der Waals surface area contributed by atoms with Gasteiger partial charge in [0.1, 0.15) is 5.78 Å². The van der Waals surface area contributed by atoms with Crippen molar-refractivity contribution < 1.29 is 9.59 Å². The number of amides is 1. The molecule has 3 saturated carbocycles. The molecule has 1 amide bonds. The highest BCUT2D eigenvalue weighted by Gasteiger charge is 2.60. The van der Waals surface area contributed by atoms with Crippen molar-refractivity contribution in [1.29, 1.82) is 0 Å². The molecule has 1 atom stereocenters. The van der Waals surface area contributed by atoms with Crippen LogP contribution in [0.5, 0.6) is 0 Å². The molecule has 0 aliphatic heterocycles. The molecular weight excluding hydrogens is 240 g/mol. The van der Waals surface area contributed by atoms with E-state index in [-0.39, 0.29) is 23.0 Å². The lowest BCUT2D eigenvalue weighted by Gasteiger charge is -2.29. The number of carbonyl (C=O) groups is 2. The van der Waals surface area contributed by atoms with Gasteiger partial charge >= 0.3 is 0 Å². The van der Waals surface area contributed by atoms with Crippen molar-refractivity contribution in [3.8, 4) is 0 Å². The maximum atomic E-state index is 12.0. The van der Waals surface area contributed by atoms with Gasteiger partial charge in [-0.05, 0) is 36.5 Å². The topological polar surface area (TPSA) is 58.5 Å². The Morgan fingerprint density at radius 1 is 1.32 bits per heavy atom. The third kappa shape index (κ3) is 2.45. The van der Waals surface area contributed by atoms with Crippen LogP contribution in [-0.4, -0.2) is 17.4 Å². The molecule has 0 aromatic carbocycles. The second kappa shape index (κ2) is 4.15. The summed E-state index contributed by atoms with van der Waals surface area (Å²) >= 11 is 0. The van der Waals surface area contributed by atoms with Crippen molar-refractivity contribution >= 4 is 17.4 Å². The highest BCUT2D eigenvalue weighted by Crippen LogP contribution is 2.65. The summed E-state index contributed by atoms with van der Waals surface area (Å²) in [5.41, 5.74) is 3.84. The van der Waals surface area contributed by atoms with E-state index in [4.69, 9.17) is 0 Å². The van der Waals surface area contributed by atoms with Gasteiger partial charge in [0.25, 0.3) is 0 Å². The van der Waals surface area contributed by atoms with Crippen molar-refractivity contribution in [2.75, 3.05) is 0 Å². The minimum absolute atomic E-state index is 0.0202. The molecule has 0 heterocycles. The first-order valence-electron chi connectivity index (χ1n) is 7.27. The van der Waals surface area contributed by atoms with E-state index in [1.54, 1.807) is 0 Å². The summed E-state index contributed by atoms with van der Waals surface area (Å²) in [7, 11) is 0. The lowest BCUT2D eigenvalue weighted by atomic mass is 9.76. The van der Waals surface area contributed by atoms with Crippen LogP contribution in [0.4, 0.5) is 0 Å². The van der Waals surface area contributed by atoms with Crippen LogP contribution in [0.15, 0.2) is 5.10 Å². The van der Waals surface area contributed by atoms with E-state index >= 15 is 0 Å². The molecule has 1 spiro atoms. The largest absolute Gasteiger partial charge is 0.299 e. The minimum atomic E-state index is -0.0202. The normalized spacial score (nSPS) is 33.1. The first-order chi connectivity index (χ1) is 8.90. The standard InChI is InChI=1S/C15H22N2O2/c1-14(2)7-10(6-11(18)8-14)16-17-13(19)12-9-15(12)4-3-5-15/h12H,3-9H2,1-2H3,(H,17,19)/t12-/m1/s1. The molecule has 0 saturated heterocycles. The van der Waals surface area contributed by atoms with E-state index in [1.807, 2.05) is 0 Å². The van der Waals surface area contributed by atoms with Gasteiger partial charge in [-0.15, -0.1) is 0 Å². The average Bonchev–Trinajstić information content (AvgIpc) is 2.98. The van der Waals surface area contributed by atoms with Gasteiger partial charge in [0.15, 0.2) is 0 Å². The molecule has 0 aromatic rings. The average molecular weight is 262 g/mol. The Morgan fingerprint density at radius 3 is 2.58 bits per heavy atom. The number of Topliss-reactive ketones (excluding diaryl/α,β-unsaturated/α-hetero) is 1. The van der Waals surface area contributed by atoms with Crippen LogP contribution in [0.25, 0.3) is 0 Å². The predicted octanol–water partition coefficient (Wildman–Crippen LogP) is 2.43. The second-order valence-corrected chi connectivity index (χ2v) is 7.36. The van der Waals surface area contributed by atoms with Crippen LogP contribution in [0.3, 0.4) is 0 Å². The Balaban J connectivity index is 1.57. The third-order valence-corrected chi connectivity index (χ3v) is 4.94. The van der Waals surface area contributed by atoms with Gasteiger partial charge in [0, 0.05) is 24.5 Å². The van der Waals surface area contributed by atoms with Gasteiger partial charge in [-0.2, -0.15) is 5.10 Å². The van der Waals surface area contributed by atoms with Gasteiger partial charge < -0.3 is 0 Å². The number of hydrogen-bond acceptors (Lipinski definition) is 3. The van der Waals surface area contributed by atoms with E-state index in [2.05, 4.69) is 24.4 Å². The molecule has 19 heavy (non-hydrogen) atoms. The summed E-state index contributed by atoms with van der Waals surface area (Å²) in [4.78, 5) is 23.6. The molecule has 104 valence electrons. The third-order valence-electron chi connectivity index (χ3n) is 4.94. The fourth-order valence-corrected chi connectivity index (χ4v) is 3.69. The smallest absolute Gasteiger partial charge is 0.243 e. The van der Waals surface area contributed by atoms with Crippen molar-refractivity contribution in [3.63, 3.8) is 0 Å². The number of carbonyl (C=O) groups excluding carboxylic acids is 2. The molecule has 3 aliphatic rings. The van der Waals surface area contributed by atoms with Crippen molar-refractivity contribution in [2.45, 2.75) is 58.8 Å². The number of ketones is 1. The Bertz CT molecular complexity index is 461. The SMILES string of the molecule is CC1(C)CC(=O)CC(=NNC(=O)[C@H]2CC23CCC3)C1. The van der Waals surface area contributed by atoms with Crippen LogP contribution >= 0.6 is 0 Å². The Morgan fingerprint density at radius 2 is 2.05 bits per heavy atom. The van der Waals surface area contributed by atoms with Gasteiger partial charge in [-0.1, -0.05) is 20.3 Å². The van der Waals surface area contributed by atoms with Crippen LogP contribution in [-0.2, 0) is 9.59 Å². The number of hydrogen-bond donors (Lipinski definition) is 1. The zero-order valence-electron chi connectivity index (χ0n) is 11.8. The summed E-state index contributed by atoms with van der Waals surface area (Å²) in [6, 6.07) is 0. The summed E-state index contributed by atoms with van der Waals surface area (Å²) in [5.74, 6) is 0.465. The zero-order chi connectivity index (χ0) is 13.7. The number of rotatable bonds is 2. The maximum absolute atomic E-state index is 12.0. The van der Waals surface area contributed by atoms with Gasteiger partial charge in [0.05, 0.1) is 0 Å². The minimum Gasteiger partial charge on any atom is -0.299 e. The zero-order valence-corrected chi connectivity index (χ0v) is 11.8. The van der Waals surface area contributed by atoms with Crippen molar-refractivity contribution in [2.24, 2.45) is 21.8 Å². The van der Waals surface area contributed by atoms with E-state index in [1.165, 1.54) is 19.3 Å². The van der Waals surface area contributed by atoms with Crippen molar-refractivity contribution in [1.82, 2.24) is 5.43 Å². The van der Waals surface area contributed by atoms with Gasteiger partial charge in [-0.25, -0.2) is 5.43 Å². The van der Waals surface area contributed by atoms with E-state index in [9.17, 15) is 9.59 Å². The number of hydrazone groups is 1. The lowest BCUT2D eigenvalue weighted by molar-refractivity contribution is -0.124. The number of nitrogens with zero attached hydrogens (tertiary/aromatic N) is 1. The van der Waals surface area contributed by atoms with Crippen LogP contribution in [0.1, 0.15) is 58.8 Å². The fraction of sp³-hybridized carbons (Fsp3) is 0.800. The van der Waals surface area contributed by atoms with E-state index < -0.39 is 0 Å². The van der Waals surface area contributed by atoms with E-state index in [0.717, 1.165) is 18.6 Å². The molecule has 4 nitrogen and oxygen atoms in total. The Kier molecular flexibility index (Phi) is 2.80. The molecule has 0 radical (unpaired) electrons. The van der Waals surface area contributed by atoms with Crippen LogP contribution in [0, 0.1) is 16.7 Å². The number of nitrogens with one attached hydrogen (secondary N) is 1. The Hall–Kier alpha value is -1.19. The Labute approximate surface area is 114 Å². The maximum Gasteiger partial charge on any atom is 0.243 e. The van der Waals surface area contributed by atoms with Crippen molar-refractivity contribution in [3.05, 3.63) is 0 Å². The highest BCUT2D eigenvalue weighted by molar-refractivity contribution is 6.05. The lowest BCUT2D eigenvalue weighted by Crippen LogP contribution is -2.32. The summed E-state index contributed by atoms with van der Waals surface area (Å²) in [5, 5.41) is 4.21. The highest BCUT2D eigenvalue weighted by atomic mass is 16.2. The molecule has 3 rings (SSSR count). The first kappa shape index (κ1) is 12.8.